The van der Waals surface area contributed by atoms with E-state index in [0.29, 0.717) is 40.5 Å². The van der Waals surface area contributed by atoms with E-state index in [0.717, 1.165) is 5.56 Å². The molecule has 9 nitrogen and oxygen atoms in total. The number of halogens is 1. The lowest BCUT2D eigenvalue weighted by molar-refractivity contribution is -0.133. The first-order valence-corrected chi connectivity index (χ1v) is 12.7. The lowest BCUT2D eigenvalue weighted by Crippen LogP contribution is -2.42. The number of nitrogens with zero attached hydrogens (tertiary/aromatic N) is 3. The molecule has 0 bridgehead atoms. The van der Waals surface area contributed by atoms with E-state index in [4.69, 9.17) is 18.9 Å². The van der Waals surface area contributed by atoms with E-state index in [1.807, 2.05) is 6.07 Å². The second kappa shape index (κ2) is 13.1. The first-order chi connectivity index (χ1) is 19.4. The van der Waals surface area contributed by atoms with E-state index >= 15 is 0 Å². The lowest BCUT2D eigenvalue weighted by Gasteiger charge is -2.27. The fourth-order valence-electron chi connectivity index (χ4n) is 4.48. The molecule has 3 aromatic carbocycles. The summed E-state index contributed by atoms with van der Waals surface area (Å²) < 4.78 is 34.8. The Morgan fingerprint density at radius 3 is 2.25 bits per heavy atom. The summed E-state index contributed by atoms with van der Waals surface area (Å²) in [6.07, 6.45) is 0.386. The SMILES string of the molecule is COCCN(CC(=O)N1N=C(c2ccc(F)cc2)C[C@H]1c1ccc(OC)c(OC)c1)C(=O)c1ccc(OC)cc1. The Morgan fingerprint density at radius 2 is 1.62 bits per heavy atom. The van der Waals surface area contributed by atoms with E-state index < -0.39 is 6.04 Å². The number of amides is 2. The van der Waals surface area contributed by atoms with Crippen molar-refractivity contribution in [3.63, 3.8) is 0 Å². The molecule has 0 aliphatic carbocycles. The minimum atomic E-state index is -0.479. The number of hydrogen-bond donors (Lipinski definition) is 0. The summed E-state index contributed by atoms with van der Waals surface area (Å²) in [7, 11) is 6.17. The number of benzene rings is 3. The standard InChI is InChI=1S/C30H32FN3O6/c1-37-16-15-33(30(36)21-7-12-24(38-2)13-8-21)19-29(35)34-26(22-9-14-27(39-3)28(17-22)40-4)18-25(32-34)20-5-10-23(31)11-6-20/h5-14,17,26H,15-16,18-19H2,1-4H3/t26-/m0/s1. The molecule has 2 amide bonds. The third kappa shape index (κ3) is 6.40. The van der Waals surface area contributed by atoms with Crippen LogP contribution in [0.15, 0.2) is 71.8 Å². The van der Waals surface area contributed by atoms with Crippen molar-refractivity contribution in [3.05, 3.63) is 89.2 Å². The van der Waals surface area contributed by atoms with Crippen LogP contribution >= 0.6 is 0 Å². The van der Waals surface area contributed by atoms with Gasteiger partial charge in [0.15, 0.2) is 11.5 Å². The summed E-state index contributed by atoms with van der Waals surface area (Å²) in [5.74, 6) is 0.621. The zero-order valence-corrected chi connectivity index (χ0v) is 22.9. The Balaban J connectivity index is 1.65. The highest BCUT2D eigenvalue weighted by Gasteiger charge is 2.35. The number of rotatable bonds is 11. The number of ether oxygens (including phenoxy) is 4. The second-order valence-electron chi connectivity index (χ2n) is 9.07. The normalized spacial score (nSPS) is 14.5. The first kappa shape index (κ1) is 28.6. The maximum Gasteiger partial charge on any atom is 0.262 e. The molecule has 0 unspecified atom stereocenters. The van der Waals surface area contributed by atoms with Crippen LogP contribution in [0.5, 0.6) is 17.2 Å². The molecule has 0 N–H and O–H groups in total. The Morgan fingerprint density at radius 1 is 0.925 bits per heavy atom. The van der Waals surface area contributed by atoms with Crippen LogP contribution in [0.2, 0.25) is 0 Å². The van der Waals surface area contributed by atoms with Crippen molar-refractivity contribution in [3.8, 4) is 17.2 Å². The Labute approximate surface area is 232 Å². The fourth-order valence-corrected chi connectivity index (χ4v) is 4.48. The number of carbonyl (C=O) groups is 2. The monoisotopic (exact) mass is 549 g/mol. The van der Waals surface area contributed by atoms with Gasteiger partial charge in [0.2, 0.25) is 0 Å². The second-order valence-corrected chi connectivity index (χ2v) is 9.07. The topological polar surface area (TPSA) is 89.9 Å². The van der Waals surface area contributed by atoms with Crippen molar-refractivity contribution in [1.29, 1.82) is 0 Å². The van der Waals surface area contributed by atoms with E-state index in [1.165, 1.54) is 36.3 Å². The minimum Gasteiger partial charge on any atom is -0.497 e. The molecule has 210 valence electrons. The van der Waals surface area contributed by atoms with Gasteiger partial charge in [0.25, 0.3) is 11.8 Å². The summed E-state index contributed by atoms with van der Waals surface area (Å²) in [5, 5.41) is 6.04. The van der Waals surface area contributed by atoms with Gasteiger partial charge in [-0.25, -0.2) is 9.40 Å². The predicted molar refractivity (Wildman–Crippen MR) is 147 cm³/mol. The molecule has 1 atom stereocenters. The number of methoxy groups -OCH3 is 4. The molecule has 0 saturated heterocycles. The van der Waals surface area contributed by atoms with Gasteiger partial charge in [-0.3, -0.25) is 9.59 Å². The van der Waals surface area contributed by atoms with Gasteiger partial charge in [-0.1, -0.05) is 18.2 Å². The van der Waals surface area contributed by atoms with E-state index in [1.54, 1.807) is 62.8 Å². The summed E-state index contributed by atoms with van der Waals surface area (Å²) >= 11 is 0. The van der Waals surface area contributed by atoms with Crippen molar-refractivity contribution in [2.24, 2.45) is 5.10 Å². The molecule has 0 saturated carbocycles. The first-order valence-electron chi connectivity index (χ1n) is 12.7. The molecular weight excluding hydrogens is 517 g/mol. The van der Waals surface area contributed by atoms with Crippen molar-refractivity contribution in [2.45, 2.75) is 12.5 Å². The van der Waals surface area contributed by atoms with Gasteiger partial charge in [0.1, 0.15) is 18.1 Å². The van der Waals surface area contributed by atoms with Gasteiger partial charge in [-0.2, -0.15) is 5.10 Å². The highest BCUT2D eigenvalue weighted by Crippen LogP contribution is 2.37. The summed E-state index contributed by atoms with van der Waals surface area (Å²) in [5.41, 5.74) is 2.51. The average Bonchev–Trinajstić information content (AvgIpc) is 3.44. The maximum atomic E-state index is 13.8. The Bertz CT molecular complexity index is 1360. The number of hydrazone groups is 1. The van der Waals surface area contributed by atoms with Gasteiger partial charge in [-0.05, 0) is 59.7 Å². The highest BCUT2D eigenvalue weighted by molar-refractivity contribution is 6.03. The van der Waals surface area contributed by atoms with E-state index in [-0.39, 0.29) is 37.3 Å². The third-order valence-electron chi connectivity index (χ3n) is 6.65. The van der Waals surface area contributed by atoms with Crippen molar-refractivity contribution in [1.82, 2.24) is 9.91 Å². The molecule has 0 radical (unpaired) electrons. The summed E-state index contributed by atoms with van der Waals surface area (Å²) in [4.78, 5) is 28.6. The lowest BCUT2D eigenvalue weighted by atomic mass is 9.98. The van der Waals surface area contributed by atoms with Gasteiger partial charge >= 0.3 is 0 Å². The molecule has 3 aromatic rings. The molecule has 1 aliphatic rings. The number of hydrogen-bond acceptors (Lipinski definition) is 7. The third-order valence-corrected chi connectivity index (χ3v) is 6.65. The molecule has 4 rings (SSSR count). The zero-order chi connectivity index (χ0) is 28.6. The molecule has 0 aromatic heterocycles. The van der Waals surface area contributed by atoms with Crippen molar-refractivity contribution >= 4 is 17.5 Å². The van der Waals surface area contributed by atoms with E-state index in [2.05, 4.69) is 5.10 Å². The average molecular weight is 550 g/mol. The zero-order valence-electron chi connectivity index (χ0n) is 22.9. The highest BCUT2D eigenvalue weighted by atomic mass is 19.1. The maximum absolute atomic E-state index is 13.8. The largest absolute Gasteiger partial charge is 0.497 e. The van der Waals surface area contributed by atoms with Crippen LogP contribution in [0, 0.1) is 5.82 Å². The Kier molecular flexibility index (Phi) is 9.34. The van der Waals surface area contributed by atoms with Gasteiger partial charge in [0, 0.05) is 25.6 Å². The predicted octanol–water partition coefficient (Wildman–Crippen LogP) is 4.32. The van der Waals surface area contributed by atoms with Crippen molar-refractivity contribution in [2.75, 3.05) is 48.1 Å². The van der Waals surface area contributed by atoms with E-state index in [9.17, 15) is 14.0 Å². The van der Waals surface area contributed by atoms with Crippen LogP contribution in [0.4, 0.5) is 4.39 Å². The van der Waals surface area contributed by atoms with Gasteiger partial charge in [-0.15, -0.1) is 0 Å². The molecule has 1 heterocycles. The molecule has 1 aliphatic heterocycles. The minimum absolute atomic E-state index is 0.205. The van der Waals surface area contributed by atoms with Crippen molar-refractivity contribution < 1.29 is 32.9 Å². The Hall–Kier alpha value is -4.44. The van der Waals surface area contributed by atoms with Gasteiger partial charge < -0.3 is 23.8 Å². The van der Waals surface area contributed by atoms with Crippen LogP contribution in [0.3, 0.4) is 0 Å². The van der Waals surface area contributed by atoms with Crippen LogP contribution in [0.25, 0.3) is 0 Å². The quantitative estimate of drug-likeness (QED) is 0.354. The van der Waals surface area contributed by atoms with Crippen LogP contribution in [-0.4, -0.2) is 75.6 Å². The molecule has 0 fully saturated rings. The van der Waals surface area contributed by atoms with Crippen LogP contribution in [0.1, 0.15) is 33.9 Å². The molecule has 10 heteroatoms. The molecule has 40 heavy (non-hydrogen) atoms. The summed E-state index contributed by atoms with van der Waals surface area (Å²) in [6, 6.07) is 17.6. The number of carbonyl (C=O) groups excluding carboxylic acids is 2. The molecule has 0 spiro atoms. The fraction of sp³-hybridized carbons (Fsp3) is 0.300. The smallest absolute Gasteiger partial charge is 0.262 e. The molecular formula is C30H32FN3O6. The van der Waals surface area contributed by atoms with Crippen LogP contribution in [-0.2, 0) is 9.53 Å². The van der Waals surface area contributed by atoms with Crippen LogP contribution < -0.4 is 14.2 Å². The summed E-state index contributed by atoms with van der Waals surface area (Å²) in [6.45, 7) is 0.229. The van der Waals surface area contributed by atoms with Gasteiger partial charge in [0.05, 0.1) is 39.7 Å².